The number of hydrogen-bond acceptors (Lipinski definition) is 4. The monoisotopic (exact) mass is 495 g/mol. The molecule has 0 unspecified atom stereocenters. The number of aliphatic imine (C=N–C) groups is 1. The third kappa shape index (κ3) is 3.95. The van der Waals surface area contributed by atoms with Gasteiger partial charge in [0.1, 0.15) is 5.82 Å². The van der Waals surface area contributed by atoms with Crippen molar-refractivity contribution in [1.29, 1.82) is 0 Å². The van der Waals surface area contributed by atoms with Crippen LogP contribution in [0, 0.1) is 5.82 Å². The molecule has 2 N–H and O–H groups in total. The maximum absolute atomic E-state index is 13.7. The lowest BCUT2D eigenvalue weighted by Gasteiger charge is -2.03. The number of rotatable bonds is 6. The SMILES string of the molecule is CC(=NCCc1c[nH]c2ccc(F)cc12)c1c(-c2ccccc2)[nH]n(-c2nc3ccccc3s2)c1=O. The molecule has 6 rings (SSSR count). The first-order valence-electron chi connectivity index (χ1n) is 11.6. The number of aromatic nitrogens is 4. The highest BCUT2D eigenvalue weighted by Gasteiger charge is 2.21. The second-order valence-corrected chi connectivity index (χ2v) is 9.56. The van der Waals surface area contributed by atoms with Crippen LogP contribution in [-0.4, -0.2) is 32.0 Å². The molecule has 0 aliphatic heterocycles. The third-order valence-corrected chi connectivity index (χ3v) is 7.27. The van der Waals surface area contributed by atoms with Gasteiger partial charge in [0, 0.05) is 34.9 Å². The van der Waals surface area contributed by atoms with Gasteiger partial charge in [-0.2, -0.15) is 4.68 Å². The van der Waals surface area contributed by atoms with Crippen LogP contribution in [0.1, 0.15) is 18.1 Å². The summed E-state index contributed by atoms with van der Waals surface area (Å²) in [7, 11) is 0. The summed E-state index contributed by atoms with van der Waals surface area (Å²) < 4.78 is 16.3. The molecular weight excluding hydrogens is 473 g/mol. The van der Waals surface area contributed by atoms with E-state index in [0.717, 1.165) is 32.2 Å². The Morgan fingerprint density at radius 2 is 1.89 bits per heavy atom. The van der Waals surface area contributed by atoms with Crippen LogP contribution >= 0.6 is 11.3 Å². The first-order chi connectivity index (χ1) is 17.6. The molecule has 178 valence electrons. The Bertz CT molecular complexity index is 1760. The third-order valence-electron chi connectivity index (χ3n) is 6.25. The Morgan fingerprint density at radius 3 is 2.72 bits per heavy atom. The topological polar surface area (TPSA) is 78.8 Å². The molecule has 0 spiro atoms. The van der Waals surface area contributed by atoms with Crippen molar-refractivity contribution < 1.29 is 4.39 Å². The molecular formula is C28H22FN5OS. The maximum Gasteiger partial charge on any atom is 0.283 e. The number of benzene rings is 3. The summed E-state index contributed by atoms with van der Waals surface area (Å²) in [6, 6.07) is 22.3. The fraction of sp³-hybridized carbons (Fsp3) is 0.107. The lowest BCUT2D eigenvalue weighted by atomic mass is 10.1. The minimum atomic E-state index is -0.266. The van der Waals surface area contributed by atoms with Crippen molar-refractivity contribution in [2.45, 2.75) is 13.3 Å². The van der Waals surface area contributed by atoms with E-state index in [-0.39, 0.29) is 11.4 Å². The summed E-state index contributed by atoms with van der Waals surface area (Å²) in [6.07, 6.45) is 2.51. The zero-order chi connectivity index (χ0) is 24.6. The van der Waals surface area contributed by atoms with Crippen molar-refractivity contribution >= 4 is 38.2 Å². The van der Waals surface area contributed by atoms with Gasteiger partial charge in [-0.25, -0.2) is 9.37 Å². The predicted molar refractivity (Wildman–Crippen MR) is 144 cm³/mol. The normalized spacial score (nSPS) is 12.1. The summed E-state index contributed by atoms with van der Waals surface area (Å²) in [5.41, 5.74) is 5.30. The Hall–Kier alpha value is -4.30. The molecule has 0 saturated heterocycles. The van der Waals surface area contributed by atoms with Gasteiger partial charge >= 0.3 is 0 Å². The number of aromatic amines is 2. The Morgan fingerprint density at radius 1 is 1.08 bits per heavy atom. The molecule has 6 nitrogen and oxygen atoms in total. The lowest BCUT2D eigenvalue weighted by molar-refractivity contribution is 0.629. The van der Waals surface area contributed by atoms with E-state index in [9.17, 15) is 9.18 Å². The van der Waals surface area contributed by atoms with E-state index in [2.05, 4.69) is 15.1 Å². The number of nitrogens with zero attached hydrogens (tertiary/aromatic N) is 3. The molecule has 0 atom stereocenters. The lowest BCUT2D eigenvalue weighted by Crippen LogP contribution is -2.19. The average molecular weight is 496 g/mol. The van der Waals surface area contributed by atoms with Crippen molar-refractivity contribution in [2.24, 2.45) is 4.99 Å². The molecule has 6 aromatic rings. The molecule has 36 heavy (non-hydrogen) atoms. The highest BCUT2D eigenvalue weighted by Crippen LogP contribution is 2.26. The van der Waals surface area contributed by atoms with E-state index in [1.165, 1.54) is 28.2 Å². The second kappa shape index (κ2) is 9.05. The van der Waals surface area contributed by atoms with Gasteiger partial charge in [0.15, 0.2) is 0 Å². The summed E-state index contributed by atoms with van der Waals surface area (Å²) >= 11 is 1.46. The van der Waals surface area contributed by atoms with Gasteiger partial charge in [-0.3, -0.25) is 14.9 Å². The molecule has 0 amide bonds. The summed E-state index contributed by atoms with van der Waals surface area (Å²) in [4.78, 5) is 26.2. The van der Waals surface area contributed by atoms with E-state index >= 15 is 0 Å². The number of H-pyrrole nitrogens is 2. The Balaban J connectivity index is 1.38. The van der Waals surface area contributed by atoms with E-state index < -0.39 is 0 Å². The molecule has 8 heteroatoms. The number of hydrogen-bond donors (Lipinski definition) is 2. The van der Waals surface area contributed by atoms with E-state index in [1.54, 1.807) is 6.07 Å². The standard InChI is InChI=1S/C28H22FN5OS/c1-17(30-14-13-19-16-31-22-12-11-20(29)15-21(19)22)25-26(18-7-3-2-4-8-18)33-34(27(25)35)28-32-23-9-5-6-10-24(23)36-28/h2-12,15-16,31,33H,13-14H2,1H3. The maximum atomic E-state index is 13.7. The van der Waals surface area contributed by atoms with Crippen molar-refractivity contribution in [3.05, 3.63) is 106 Å². The number of para-hydroxylation sites is 1. The van der Waals surface area contributed by atoms with E-state index in [4.69, 9.17) is 4.99 Å². The zero-order valence-corrected chi connectivity index (χ0v) is 20.3. The van der Waals surface area contributed by atoms with Gasteiger partial charge in [-0.05, 0) is 49.2 Å². The first-order valence-corrected chi connectivity index (χ1v) is 12.4. The molecule has 0 saturated carbocycles. The van der Waals surface area contributed by atoms with Crippen molar-refractivity contribution in [3.63, 3.8) is 0 Å². The van der Waals surface area contributed by atoms with E-state index in [0.29, 0.717) is 35.1 Å². The smallest absolute Gasteiger partial charge is 0.283 e. The number of halogens is 1. The summed E-state index contributed by atoms with van der Waals surface area (Å²) in [6.45, 7) is 2.32. The second-order valence-electron chi connectivity index (χ2n) is 8.55. The van der Waals surface area contributed by atoms with Crippen molar-refractivity contribution in [2.75, 3.05) is 6.54 Å². The first kappa shape index (κ1) is 22.2. The highest BCUT2D eigenvalue weighted by atomic mass is 32.1. The van der Waals surface area contributed by atoms with Gasteiger partial charge in [-0.1, -0.05) is 53.8 Å². The molecule has 0 aliphatic rings. The molecule has 0 bridgehead atoms. The van der Waals surface area contributed by atoms with Crippen LogP contribution in [0.3, 0.4) is 0 Å². The minimum absolute atomic E-state index is 0.191. The molecule has 3 aromatic carbocycles. The van der Waals surface area contributed by atoms with Crippen molar-refractivity contribution in [3.8, 4) is 16.4 Å². The molecule has 0 fully saturated rings. The summed E-state index contributed by atoms with van der Waals surface area (Å²) in [5, 5.41) is 4.72. The van der Waals surface area contributed by atoms with Crippen LogP contribution in [0.4, 0.5) is 4.39 Å². The van der Waals surface area contributed by atoms with Gasteiger partial charge < -0.3 is 4.98 Å². The van der Waals surface area contributed by atoms with Crippen molar-refractivity contribution in [1.82, 2.24) is 19.7 Å². The Kier molecular flexibility index (Phi) is 5.58. The predicted octanol–water partition coefficient (Wildman–Crippen LogP) is 6.11. The van der Waals surface area contributed by atoms with Crippen LogP contribution in [0.2, 0.25) is 0 Å². The fourth-order valence-electron chi connectivity index (χ4n) is 4.46. The van der Waals surface area contributed by atoms with Crippen LogP contribution < -0.4 is 5.56 Å². The van der Waals surface area contributed by atoms with Gasteiger partial charge in [0.2, 0.25) is 5.13 Å². The zero-order valence-electron chi connectivity index (χ0n) is 19.5. The largest absolute Gasteiger partial charge is 0.361 e. The average Bonchev–Trinajstić information content (AvgIpc) is 3.59. The molecule has 3 aromatic heterocycles. The van der Waals surface area contributed by atoms with Gasteiger partial charge in [-0.15, -0.1) is 0 Å². The van der Waals surface area contributed by atoms with E-state index in [1.807, 2.05) is 67.7 Å². The highest BCUT2D eigenvalue weighted by molar-refractivity contribution is 7.20. The Labute approximate surface area is 209 Å². The van der Waals surface area contributed by atoms with Gasteiger partial charge in [0.25, 0.3) is 5.56 Å². The van der Waals surface area contributed by atoms with Crippen LogP contribution in [0.25, 0.3) is 37.5 Å². The minimum Gasteiger partial charge on any atom is -0.361 e. The molecule has 0 radical (unpaired) electrons. The quantitative estimate of drug-likeness (QED) is 0.273. The summed E-state index contributed by atoms with van der Waals surface area (Å²) in [5.74, 6) is -0.266. The fourth-order valence-corrected chi connectivity index (χ4v) is 5.38. The number of fused-ring (bicyclic) bond motifs is 2. The number of nitrogens with one attached hydrogen (secondary N) is 2. The van der Waals surface area contributed by atoms with Gasteiger partial charge in [0.05, 0.1) is 21.5 Å². The van der Waals surface area contributed by atoms with Crippen LogP contribution in [-0.2, 0) is 6.42 Å². The molecule has 0 aliphatic carbocycles. The van der Waals surface area contributed by atoms with Crippen LogP contribution in [0.5, 0.6) is 0 Å². The van der Waals surface area contributed by atoms with Crippen LogP contribution in [0.15, 0.2) is 88.8 Å². The molecule has 3 heterocycles. The number of thiazole rings is 1.